The summed E-state index contributed by atoms with van der Waals surface area (Å²) in [6.07, 6.45) is 10.5. The Morgan fingerprint density at radius 2 is 1.38 bits per heavy atom. The number of hydrogen-bond acceptors (Lipinski definition) is 5. The first-order valence-electron chi connectivity index (χ1n) is 12.9. The van der Waals surface area contributed by atoms with Crippen LogP contribution in [0.5, 0.6) is 0 Å². The maximum Gasteiger partial charge on any atom is 0.124 e. The summed E-state index contributed by atoms with van der Waals surface area (Å²) in [5.41, 5.74) is 6.25. The molecule has 188 valence electrons. The Morgan fingerprint density at radius 1 is 0.676 bits per heavy atom. The fourth-order valence-corrected chi connectivity index (χ4v) is 5.45. The number of aromatic nitrogens is 5. The Labute approximate surface area is 222 Å². The second-order valence-electron chi connectivity index (χ2n) is 9.86. The van der Waals surface area contributed by atoms with Crippen molar-refractivity contribution < 1.29 is 0 Å². The molecule has 4 N–H and O–H groups in total. The van der Waals surface area contributed by atoms with Crippen molar-refractivity contribution in [3.63, 3.8) is 0 Å². The van der Waals surface area contributed by atoms with Crippen LogP contribution in [0, 0.1) is 0 Å². The number of H-pyrrole nitrogens is 2. The summed E-state index contributed by atoms with van der Waals surface area (Å²) in [5.74, 6) is 2.05. The molecular formula is C29H30ClN7. The number of hydrogen-bond donors (Lipinski definition) is 4. The minimum Gasteiger partial charge on any atom is -0.347 e. The second-order valence-corrected chi connectivity index (χ2v) is 9.86. The molecule has 2 saturated heterocycles. The minimum absolute atomic E-state index is 0. The molecule has 3 aromatic heterocycles. The van der Waals surface area contributed by atoms with E-state index in [4.69, 9.17) is 9.97 Å². The van der Waals surface area contributed by atoms with Crippen LogP contribution >= 0.6 is 12.4 Å². The number of pyridine rings is 1. The molecule has 0 spiro atoms. The number of benzene rings is 2. The molecule has 7 rings (SSSR count). The van der Waals surface area contributed by atoms with Crippen molar-refractivity contribution in [1.29, 1.82) is 0 Å². The SMILES string of the molecule is Cl.c1cc2cc(-c3cnc([C@@H]4CCCN4)[nH]3)ccc2cc1-c1ccc(-c2c[nH]c([C@@H]3CCCN3)n2)cn1. The van der Waals surface area contributed by atoms with Gasteiger partial charge in [-0.05, 0) is 73.8 Å². The molecule has 0 bridgehead atoms. The molecule has 2 fully saturated rings. The molecule has 2 aromatic carbocycles. The summed E-state index contributed by atoms with van der Waals surface area (Å²) in [7, 11) is 0. The maximum absolute atomic E-state index is 4.79. The highest BCUT2D eigenvalue weighted by molar-refractivity contribution is 5.90. The fourth-order valence-electron chi connectivity index (χ4n) is 5.45. The molecular weight excluding hydrogens is 482 g/mol. The first-order chi connectivity index (χ1) is 17.8. The van der Waals surface area contributed by atoms with Gasteiger partial charge in [-0.15, -0.1) is 12.4 Å². The van der Waals surface area contributed by atoms with Gasteiger partial charge >= 0.3 is 0 Å². The Balaban J connectivity index is 0.00000252. The monoisotopic (exact) mass is 511 g/mol. The Hall–Kier alpha value is -3.52. The lowest BCUT2D eigenvalue weighted by molar-refractivity contribution is 0.613. The third kappa shape index (κ3) is 4.66. The highest BCUT2D eigenvalue weighted by atomic mass is 35.5. The summed E-state index contributed by atoms with van der Waals surface area (Å²) in [4.78, 5) is 21.0. The number of rotatable bonds is 5. The van der Waals surface area contributed by atoms with Gasteiger partial charge in [0.05, 0.1) is 35.4 Å². The predicted molar refractivity (Wildman–Crippen MR) is 150 cm³/mol. The van der Waals surface area contributed by atoms with Gasteiger partial charge in [0, 0.05) is 29.1 Å². The van der Waals surface area contributed by atoms with Crippen molar-refractivity contribution in [2.24, 2.45) is 0 Å². The van der Waals surface area contributed by atoms with Crippen LogP contribution in [-0.4, -0.2) is 38.0 Å². The lowest BCUT2D eigenvalue weighted by Crippen LogP contribution is -2.14. The van der Waals surface area contributed by atoms with Crippen molar-refractivity contribution >= 4 is 23.2 Å². The van der Waals surface area contributed by atoms with E-state index in [-0.39, 0.29) is 12.4 Å². The number of aromatic amines is 2. The summed E-state index contributed by atoms with van der Waals surface area (Å²) >= 11 is 0. The maximum atomic E-state index is 4.79. The molecule has 0 amide bonds. The van der Waals surface area contributed by atoms with Crippen molar-refractivity contribution in [1.82, 2.24) is 35.6 Å². The molecule has 0 aliphatic carbocycles. The molecule has 2 atom stereocenters. The lowest BCUT2D eigenvalue weighted by atomic mass is 10.0. The molecule has 37 heavy (non-hydrogen) atoms. The summed E-state index contributed by atoms with van der Waals surface area (Å²) in [6.45, 7) is 2.13. The van der Waals surface area contributed by atoms with E-state index in [0.717, 1.165) is 71.4 Å². The van der Waals surface area contributed by atoms with E-state index in [1.165, 1.54) is 23.6 Å². The lowest BCUT2D eigenvalue weighted by Gasteiger charge is -2.07. The van der Waals surface area contributed by atoms with Crippen LogP contribution in [-0.2, 0) is 0 Å². The van der Waals surface area contributed by atoms with Crippen LogP contribution in [0.2, 0.25) is 0 Å². The highest BCUT2D eigenvalue weighted by Crippen LogP contribution is 2.30. The summed E-state index contributed by atoms with van der Waals surface area (Å²) in [6, 6.07) is 18.0. The van der Waals surface area contributed by atoms with Gasteiger partial charge in [-0.3, -0.25) is 4.98 Å². The average Bonchev–Trinajstić information content (AvgIpc) is 3.75. The molecule has 0 saturated carbocycles. The fraction of sp³-hybridized carbons (Fsp3) is 0.276. The predicted octanol–water partition coefficient (Wildman–Crippen LogP) is 5.95. The zero-order valence-corrected chi connectivity index (χ0v) is 21.3. The number of nitrogens with zero attached hydrogens (tertiary/aromatic N) is 3. The molecule has 2 aliphatic rings. The molecule has 0 unspecified atom stereocenters. The number of nitrogens with one attached hydrogen (secondary N) is 4. The third-order valence-electron chi connectivity index (χ3n) is 7.48. The van der Waals surface area contributed by atoms with Gasteiger partial charge in [0.2, 0.25) is 0 Å². The van der Waals surface area contributed by atoms with Crippen molar-refractivity contribution in [3.05, 3.63) is 78.8 Å². The summed E-state index contributed by atoms with van der Waals surface area (Å²) < 4.78 is 0. The Kier molecular flexibility index (Phi) is 6.50. The largest absolute Gasteiger partial charge is 0.347 e. The van der Waals surface area contributed by atoms with Crippen molar-refractivity contribution in [3.8, 4) is 33.8 Å². The van der Waals surface area contributed by atoms with Gasteiger partial charge in [0.25, 0.3) is 0 Å². The van der Waals surface area contributed by atoms with E-state index in [0.29, 0.717) is 12.1 Å². The van der Waals surface area contributed by atoms with Crippen LogP contribution in [0.15, 0.2) is 67.1 Å². The van der Waals surface area contributed by atoms with Gasteiger partial charge < -0.3 is 20.6 Å². The number of fused-ring (bicyclic) bond motifs is 1. The topological polar surface area (TPSA) is 94.3 Å². The van der Waals surface area contributed by atoms with Crippen LogP contribution in [0.25, 0.3) is 44.5 Å². The zero-order valence-electron chi connectivity index (χ0n) is 20.5. The standard InChI is InChI=1S/C29H29N7.ClH/c1-3-24(30-11-1)28-33-16-26(35-28)21-8-6-18-13-20(7-5-19(18)14-21)23-10-9-22(15-32-23)27-17-34-29(36-27)25-4-2-12-31-25;/h5-10,13-17,24-25,30-31H,1-4,11-12H2,(H,33,35)(H,34,36);1H/t24-,25-;/m0./s1. The Morgan fingerprint density at radius 3 is 2.08 bits per heavy atom. The molecule has 7 nitrogen and oxygen atoms in total. The van der Waals surface area contributed by atoms with Crippen LogP contribution in [0.3, 0.4) is 0 Å². The van der Waals surface area contributed by atoms with E-state index in [9.17, 15) is 0 Å². The van der Waals surface area contributed by atoms with E-state index in [1.807, 2.05) is 18.6 Å². The van der Waals surface area contributed by atoms with Gasteiger partial charge in [-0.1, -0.05) is 24.3 Å². The number of halogens is 1. The van der Waals surface area contributed by atoms with Crippen LogP contribution in [0.1, 0.15) is 49.4 Å². The third-order valence-corrected chi connectivity index (χ3v) is 7.48. The quantitative estimate of drug-likeness (QED) is 0.234. The molecule has 5 heterocycles. The second kappa shape index (κ2) is 10.1. The first kappa shape index (κ1) is 23.9. The van der Waals surface area contributed by atoms with Gasteiger partial charge in [0.15, 0.2) is 0 Å². The molecule has 0 radical (unpaired) electrons. The zero-order chi connectivity index (χ0) is 23.9. The van der Waals surface area contributed by atoms with Crippen LogP contribution in [0.4, 0.5) is 0 Å². The minimum atomic E-state index is 0. The van der Waals surface area contributed by atoms with E-state index >= 15 is 0 Å². The van der Waals surface area contributed by atoms with Gasteiger partial charge in [0.1, 0.15) is 11.6 Å². The Bertz CT molecular complexity index is 1510. The van der Waals surface area contributed by atoms with Crippen molar-refractivity contribution in [2.45, 2.75) is 37.8 Å². The van der Waals surface area contributed by atoms with E-state index in [2.05, 4.69) is 74.1 Å². The van der Waals surface area contributed by atoms with Crippen molar-refractivity contribution in [2.75, 3.05) is 13.1 Å². The van der Waals surface area contributed by atoms with Gasteiger partial charge in [-0.2, -0.15) is 0 Å². The molecule has 8 heteroatoms. The van der Waals surface area contributed by atoms with E-state index in [1.54, 1.807) is 0 Å². The molecule has 2 aliphatic heterocycles. The number of imidazole rings is 2. The van der Waals surface area contributed by atoms with Gasteiger partial charge in [-0.25, -0.2) is 9.97 Å². The first-order valence-corrected chi connectivity index (χ1v) is 12.9. The van der Waals surface area contributed by atoms with Crippen LogP contribution < -0.4 is 10.6 Å². The molecule has 5 aromatic rings. The van der Waals surface area contributed by atoms with E-state index < -0.39 is 0 Å². The highest BCUT2D eigenvalue weighted by Gasteiger charge is 2.20. The average molecular weight is 512 g/mol. The normalized spacial score (nSPS) is 19.4. The smallest absolute Gasteiger partial charge is 0.124 e. The summed E-state index contributed by atoms with van der Waals surface area (Å²) in [5, 5.41) is 9.39.